The fourth-order valence-electron chi connectivity index (χ4n) is 1.15. The average Bonchev–Trinajstić information content (AvgIpc) is 2.24. The zero-order chi connectivity index (χ0) is 11.2. The minimum absolute atomic E-state index is 0.204. The summed E-state index contributed by atoms with van der Waals surface area (Å²) >= 11 is 0. The van der Waals surface area contributed by atoms with Crippen molar-refractivity contribution in [3.05, 3.63) is 0 Å². The lowest BCUT2D eigenvalue weighted by molar-refractivity contribution is -0.146. The van der Waals surface area contributed by atoms with Gasteiger partial charge < -0.3 is 13.6 Å². The number of hydrogen-bond donors (Lipinski definition) is 0. The molecule has 0 amide bonds. The lowest BCUT2D eigenvalue weighted by Gasteiger charge is -2.30. The number of esters is 1. The normalized spacial score (nSPS) is 13.8. The van der Waals surface area contributed by atoms with Crippen molar-refractivity contribution in [2.75, 3.05) is 14.2 Å². The summed E-state index contributed by atoms with van der Waals surface area (Å²) in [6.45, 7) is 5.62. The Morgan fingerprint density at radius 3 is 2.07 bits per heavy atom. The number of rotatable bonds is 6. The van der Waals surface area contributed by atoms with Crippen LogP contribution >= 0.6 is 0 Å². The second-order valence-electron chi connectivity index (χ2n) is 3.16. The van der Waals surface area contributed by atoms with E-state index in [4.69, 9.17) is 13.6 Å². The van der Waals surface area contributed by atoms with Gasteiger partial charge in [0.05, 0.1) is 0 Å². The van der Waals surface area contributed by atoms with Crippen LogP contribution in [0.2, 0.25) is 6.55 Å². The van der Waals surface area contributed by atoms with E-state index in [2.05, 4.69) is 0 Å². The number of carbonyl (C=O) groups excluding carboxylic acids is 1. The van der Waals surface area contributed by atoms with Crippen molar-refractivity contribution < 1.29 is 18.4 Å². The van der Waals surface area contributed by atoms with E-state index < -0.39 is 8.56 Å². The number of carbonyl (C=O) groups is 1. The van der Waals surface area contributed by atoms with Crippen molar-refractivity contribution in [1.29, 1.82) is 0 Å². The maximum absolute atomic E-state index is 11.1. The van der Waals surface area contributed by atoms with Gasteiger partial charge in [-0.25, -0.2) is 0 Å². The first-order valence-electron chi connectivity index (χ1n) is 4.83. The maximum Gasteiger partial charge on any atom is 0.376 e. The molecule has 0 aliphatic heterocycles. The van der Waals surface area contributed by atoms with Crippen LogP contribution in [0.3, 0.4) is 0 Å². The summed E-state index contributed by atoms with van der Waals surface area (Å²) in [5.74, 6) is -0.204. The molecule has 0 aromatic rings. The van der Waals surface area contributed by atoms with Gasteiger partial charge in [0.15, 0.2) is 0 Å². The van der Waals surface area contributed by atoms with Crippen molar-refractivity contribution in [2.24, 2.45) is 0 Å². The molecule has 1 unspecified atom stereocenters. The minimum Gasteiger partial charge on any atom is -0.460 e. The first kappa shape index (κ1) is 13.6. The van der Waals surface area contributed by atoms with Gasteiger partial charge in [0, 0.05) is 20.6 Å². The Labute approximate surface area is 86.8 Å². The summed E-state index contributed by atoms with van der Waals surface area (Å²) in [5.41, 5.74) is -0.232. The summed E-state index contributed by atoms with van der Waals surface area (Å²) < 4.78 is 15.9. The number of ether oxygens (including phenoxy) is 1. The third kappa shape index (κ3) is 3.40. The first-order chi connectivity index (χ1) is 6.53. The van der Waals surface area contributed by atoms with E-state index in [1.165, 1.54) is 0 Å². The molecule has 1 atom stereocenters. The van der Waals surface area contributed by atoms with Crippen LogP contribution in [0.15, 0.2) is 0 Å². The lowest BCUT2D eigenvalue weighted by atomic mass is 10.5. The molecule has 0 aromatic heterocycles. The Morgan fingerprint density at radius 2 is 1.79 bits per heavy atom. The van der Waals surface area contributed by atoms with Gasteiger partial charge in [0.2, 0.25) is 0 Å². The Morgan fingerprint density at radius 1 is 1.29 bits per heavy atom. The summed E-state index contributed by atoms with van der Waals surface area (Å²) in [6.07, 6.45) is 1.10. The molecule has 0 bridgehead atoms. The summed E-state index contributed by atoms with van der Waals surface area (Å²) in [6, 6.07) is 0. The standard InChI is InChI=1S/C9H20O4Si/c1-6-8(10)13-9(7-2)14(5,11-3)12-4/h9H,6-7H2,1-5H3. The predicted octanol–water partition coefficient (Wildman–Crippen LogP) is 1.62. The molecule has 0 spiro atoms. The molecule has 4 nitrogen and oxygen atoms in total. The van der Waals surface area contributed by atoms with E-state index >= 15 is 0 Å². The highest BCUT2D eigenvalue weighted by Gasteiger charge is 2.41. The molecule has 5 heteroatoms. The second kappa shape index (κ2) is 6.16. The molecular weight excluding hydrogens is 200 g/mol. The fourth-order valence-corrected chi connectivity index (χ4v) is 2.93. The van der Waals surface area contributed by atoms with Crippen molar-refractivity contribution in [3.8, 4) is 0 Å². The van der Waals surface area contributed by atoms with Crippen LogP contribution in [0, 0.1) is 0 Å². The molecular formula is C9H20O4Si. The molecule has 84 valence electrons. The van der Waals surface area contributed by atoms with Gasteiger partial charge in [-0.15, -0.1) is 0 Å². The molecule has 0 rings (SSSR count). The van der Waals surface area contributed by atoms with Crippen LogP contribution in [-0.4, -0.2) is 34.5 Å². The van der Waals surface area contributed by atoms with E-state index in [0.717, 1.165) is 6.42 Å². The van der Waals surface area contributed by atoms with Crippen molar-refractivity contribution in [3.63, 3.8) is 0 Å². The van der Waals surface area contributed by atoms with Crippen LogP contribution < -0.4 is 0 Å². The minimum atomic E-state index is -2.35. The highest BCUT2D eigenvalue weighted by Crippen LogP contribution is 2.17. The van der Waals surface area contributed by atoms with Gasteiger partial charge in [-0.05, 0) is 13.0 Å². The lowest BCUT2D eigenvalue weighted by Crippen LogP contribution is -2.51. The zero-order valence-corrected chi connectivity index (χ0v) is 10.6. The van der Waals surface area contributed by atoms with Gasteiger partial charge in [-0.1, -0.05) is 13.8 Å². The second-order valence-corrected chi connectivity index (χ2v) is 6.66. The highest BCUT2D eigenvalue weighted by molar-refractivity contribution is 6.67. The van der Waals surface area contributed by atoms with Gasteiger partial charge in [0.1, 0.15) is 5.73 Å². The molecule has 14 heavy (non-hydrogen) atoms. The Hall–Kier alpha value is -0.393. The van der Waals surface area contributed by atoms with Crippen LogP contribution in [-0.2, 0) is 18.4 Å². The van der Waals surface area contributed by atoms with Gasteiger partial charge in [-0.3, -0.25) is 4.79 Å². The van der Waals surface area contributed by atoms with Crippen molar-refractivity contribution in [2.45, 2.75) is 39.0 Å². The Balaban J connectivity index is 4.44. The van der Waals surface area contributed by atoms with Gasteiger partial charge in [0.25, 0.3) is 0 Å². The Bertz CT molecular complexity index is 180. The molecule has 0 N–H and O–H groups in total. The van der Waals surface area contributed by atoms with E-state index in [-0.39, 0.29) is 11.7 Å². The molecule has 0 heterocycles. The smallest absolute Gasteiger partial charge is 0.376 e. The Kier molecular flexibility index (Phi) is 5.99. The van der Waals surface area contributed by atoms with Crippen LogP contribution in [0.1, 0.15) is 26.7 Å². The third-order valence-electron chi connectivity index (χ3n) is 2.33. The maximum atomic E-state index is 11.1. The monoisotopic (exact) mass is 220 g/mol. The van der Waals surface area contributed by atoms with Gasteiger partial charge >= 0.3 is 14.5 Å². The predicted molar refractivity (Wildman–Crippen MR) is 56.1 cm³/mol. The number of hydrogen-bond acceptors (Lipinski definition) is 4. The fraction of sp³-hybridized carbons (Fsp3) is 0.889. The van der Waals surface area contributed by atoms with Crippen molar-refractivity contribution >= 4 is 14.5 Å². The first-order valence-corrected chi connectivity index (χ1v) is 7.23. The van der Waals surface area contributed by atoms with E-state index in [1.54, 1.807) is 21.1 Å². The average molecular weight is 220 g/mol. The van der Waals surface area contributed by atoms with E-state index in [1.807, 2.05) is 13.5 Å². The molecule has 0 saturated carbocycles. The van der Waals surface area contributed by atoms with Crippen LogP contribution in [0.25, 0.3) is 0 Å². The summed E-state index contributed by atoms with van der Waals surface area (Å²) in [4.78, 5) is 11.1. The molecule has 0 radical (unpaired) electrons. The third-order valence-corrected chi connectivity index (χ3v) is 5.65. The molecule has 0 saturated heterocycles. The van der Waals surface area contributed by atoms with Crippen molar-refractivity contribution in [1.82, 2.24) is 0 Å². The highest BCUT2D eigenvalue weighted by atomic mass is 28.4. The zero-order valence-electron chi connectivity index (χ0n) is 9.62. The van der Waals surface area contributed by atoms with E-state index in [9.17, 15) is 4.79 Å². The van der Waals surface area contributed by atoms with E-state index in [0.29, 0.717) is 6.42 Å². The largest absolute Gasteiger partial charge is 0.460 e. The molecule has 0 aliphatic carbocycles. The molecule has 0 aromatic carbocycles. The SMILES string of the molecule is CCC(=O)OC(CC)[Si](C)(OC)OC. The van der Waals surface area contributed by atoms with Gasteiger partial charge in [-0.2, -0.15) is 0 Å². The molecule has 0 aliphatic rings. The van der Waals surface area contributed by atoms with Crippen LogP contribution in [0.4, 0.5) is 0 Å². The quantitative estimate of drug-likeness (QED) is 0.504. The summed E-state index contributed by atoms with van der Waals surface area (Å²) in [7, 11) is 0.842. The molecule has 0 fully saturated rings. The topological polar surface area (TPSA) is 44.8 Å². The summed E-state index contributed by atoms with van der Waals surface area (Å²) in [5, 5.41) is 0. The van der Waals surface area contributed by atoms with Crippen LogP contribution in [0.5, 0.6) is 0 Å².